The van der Waals surface area contributed by atoms with Crippen LogP contribution in [0.2, 0.25) is 0 Å². The van der Waals surface area contributed by atoms with Gasteiger partial charge in [-0.3, -0.25) is 0 Å². The van der Waals surface area contributed by atoms with Crippen molar-refractivity contribution in [2.45, 2.75) is 32.9 Å². The maximum absolute atomic E-state index is 13.4. The molecule has 1 N–H and O–H groups in total. The summed E-state index contributed by atoms with van der Waals surface area (Å²) in [6, 6.07) is 12.7. The molecule has 114 valence electrons. The Labute approximate surface area is 129 Å². The van der Waals surface area contributed by atoms with Crippen molar-refractivity contribution in [1.29, 1.82) is 0 Å². The van der Waals surface area contributed by atoms with Crippen LogP contribution in [-0.2, 0) is 13.2 Å². The van der Waals surface area contributed by atoms with Crippen molar-refractivity contribution in [3.8, 4) is 0 Å². The molecule has 0 fully saturated rings. The van der Waals surface area contributed by atoms with Gasteiger partial charge in [0.2, 0.25) is 0 Å². The Morgan fingerprint density at radius 2 is 2.00 bits per heavy atom. The molecule has 0 amide bonds. The minimum Gasteiger partial charge on any atom is -0.388 e. The summed E-state index contributed by atoms with van der Waals surface area (Å²) in [7, 11) is 0. The summed E-state index contributed by atoms with van der Waals surface area (Å²) >= 11 is 0. The van der Waals surface area contributed by atoms with E-state index in [0.717, 1.165) is 16.6 Å². The summed E-state index contributed by atoms with van der Waals surface area (Å²) < 4.78 is 15.3. The van der Waals surface area contributed by atoms with Gasteiger partial charge >= 0.3 is 0 Å². The van der Waals surface area contributed by atoms with E-state index in [1.807, 2.05) is 16.7 Å². The zero-order valence-corrected chi connectivity index (χ0v) is 12.8. The molecule has 0 unspecified atom stereocenters. The van der Waals surface area contributed by atoms with E-state index < -0.39 is 0 Å². The monoisotopic (exact) mass is 298 g/mol. The number of benzene rings is 2. The van der Waals surface area contributed by atoms with Gasteiger partial charge in [-0.25, -0.2) is 9.37 Å². The molecule has 0 saturated heterocycles. The molecular formula is C18H19FN2O. The normalized spacial score (nSPS) is 11.5. The van der Waals surface area contributed by atoms with Gasteiger partial charge in [0.05, 0.1) is 11.0 Å². The Morgan fingerprint density at radius 3 is 2.68 bits per heavy atom. The van der Waals surface area contributed by atoms with E-state index in [1.54, 1.807) is 6.07 Å². The van der Waals surface area contributed by atoms with Crippen LogP contribution in [0.25, 0.3) is 11.0 Å². The summed E-state index contributed by atoms with van der Waals surface area (Å²) in [6.45, 7) is 4.63. The average Bonchev–Trinajstić information content (AvgIpc) is 2.84. The Bertz CT molecular complexity index is 808. The van der Waals surface area contributed by atoms with Crippen LogP contribution in [0, 0.1) is 5.82 Å². The molecule has 2 aromatic carbocycles. The number of halogens is 1. The summed E-state index contributed by atoms with van der Waals surface area (Å²) in [5.74, 6) is 0.769. The van der Waals surface area contributed by atoms with Gasteiger partial charge in [-0.05, 0) is 41.3 Å². The van der Waals surface area contributed by atoms with Crippen LogP contribution in [0.4, 0.5) is 4.39 Å². The molecule has 1 aromatic heterocycles. The highest BCUT2D eigenvalue weighted by Gasteiger charge is 2.12. The molecule has 3 nitrogen and oxygen atoms in total. The molecule has 0 aliphatic heterocycles. The first-order valence-electron chi connectivity index (χ1n) is 7.43. The topological polar surface area (TPSA) is 38.1 Å². The lowest BCUT2D eigenvalue weighted by Gasteiger charge is -2.09. The van der Waals surface area contributed by atoms with E-state index in [4.69, 9.17) is 0 Å². The second-order valence-corrected chi connectivity index (χ2v) is 5.81. The predicted octanol–water partition coefficient (Wildman–Crippen LogP) is 3.84. The average molecular weight is 298 g/mol. The van der Waals surface area contributed by atoms with Crippen LogP contribution in [0.1, 0.15) is 36.7 Å². The van der Waals surface area contributed by atoms with Gasteiger partial charge < -0.3 is 9.67 Å². The Kier molecular flexibility index (Phi) is 3.94. The van der Waals surface area contributed by atoms with E-state index in [-0.39, 0.29) is 12.4 Å². The summed E-state index contributed by atoms with van der Waals surface area (Å²) in [5, 5.41) is 9.57. The minimum absolute atomic E-state index is 0.138. The first kappa shape index (κ1) is 14.7. The van der Waals surface area contributed by atoms with E-state index in [2.05, 4.69) is 31.0 Å². The molecule has 3 rings (SSSR count). The second-order valence-electron chi connectivity index (χ2n) is 5.81. The lowest BCUT2D eigenvalue weighted by molar-refractivity contribution is 0.267. The number of aliphatic hydroxyl groups is 1. The molecule has 0 bridgehead atoms. The van der Waals surface area contributed by atoms with E-state index in [1.165, 1.54) is 17.7 Å². The number of fused-ring (bicyclic) bond motifs is 1. The van der Waals surface area contributed by atoms with Gasteiger partial charge in [0.15, 0.2) is 0 Å². The lowest BCUT2D eigenvalue weighted by atomic mass is 10.0. The summed E-state index contributed by atoms with van der Waals surface area (Å²) in [4.78, 5) is 4.51. The highest BCUT2D eigenvalue weighted by Crippen LogP contribution is 2.23. The molecule has 0 aliphatic carbocycles. The number of aromatic nitrogens is 2. The van der Waals surface area contributed by atoms with Crippen molar-refractivity contribution in [1.82, 2.24) is 9.55 Å². The molecule has 0 saturated carbocycles. The highest BCUT2D eigenvalue weighted by molar-refractivity contribution is 5.77. The van der Waals surface area contributed by atoms with E-state index >= 15 is 0 Å². The number of aliphatic hydroxyl groups excluding tert-OH is 1. The number of imidazole rings is 1. The molecule has 0 atom stereocenters. The van der Waals surface area contributed by atoms with Crippen molar-refractivity contribution in [2.24, 2.45) is 0 Å². The summed E-state index contributed by atoms with van der Waals surface area (Å²) in [5.41, 5.74) is 3.89. The highest BCUT2D eigenvalue weighted by atomic mass is 19.1. The zero-order valence-electron chi connectivity index (χ0n) is 12.8. The van der Waals surface area contributed by atoms with E-state index in [9.17, 15) is 9.50 Å². The quantitative estimate of drug-likeness (QED) is 0.794. The summed E-state index contributed by atoms with van der Waals surface area (Å²) in [6.07, 6.45) is 0. The molecule has 3 aromatic rings. The molecule has 0 spiro atoms. The van der Waals surface area contributed by atoms with Crippen molar-refractivity contribution in [2.75, 3.05) is 0 Å². The number of rotatable bonds is 4. The van der Waals surface area contributed by atoms with Crippen LogP contribution in [0.3, 0.4) is 0 Å². The van der Waals surface area contributed by atoms with Crippen molar-refractivity contribution >= 4 is 11.0 Å². The first-order valence-corrected chi connectivity index (χ1v) is 7.43. The molecule has 22 heavy (non-hydrogen) atoms. The fraction of sp³-hybridized carbons (Fsp3) is 0.278. The third-order valence-corrected chi connectivity index (χ3v) is 3.89. The van der Waals surface area contributed by atoms with Crippen LogP contribution in [0.15, 0.2) is 42.5 Å². The van der Waals surface area contributed by atoms with Gasteiger partial charge in [0.25, 0.3) is 0 Å². The SMILES string of the molecule is CC(C)c1ccc2c(c1)nc(CO)n2Cc1cccc(F)c1. The minimum atomic E-state index is -0.255. The lowest BCUT2D eigenvalue weighted by Crippen LogP contribution is -2.05. The zero-order chi connectivity index (χ0) is 15.7. The van der Waals surface area contributed by atoms with Crippen molar-refractivity contribution in [3.63, 3.8) is 0 Å². The van der Waals surface area contributed by atoms with Gasteiger partial charge in [-0.15, -0.1) is 0 Å². The van der Waals surface area contributed by atoms with Gasteiger partial charge in [0.1, 0.15) is 18.2 Å². The van der Waals surface area contributed by atoms with Crippen molar-refractivity contribution < 1.29 is 9.50 Å². The maximum atomic E-state index is 13.4. The van der Waals surface area contributed by atoms with Crippen LogP contribution >= 0.6 is 0 Å². The Morgan fingerprint density at radius 1 is 1.18 bits per heavy atom. The molecule has 0 radical (unpaired) electrons. The van der Waals surface area contributed by atoms with Gasteiger partial charge in [-0.1, -0.05) is 32.0 Å². The largest absolute Gasteiger partial charge is 0.388 e. The molecular weight excluding hydrogens is 279 g/mol. The Hall–Kier alpha value is -2.20. The van der Waals surface area contributed by atoms with Crippen molar-refractivity contribution in [3.05, 3.63) is 65.2 Å². The third kappa shape index (κ3) is 2.74. The number of hydrogen-bond donors (Lipinski definition) is 1. The van der Waals surface area contributed by atoms with Crippen LogP contribution in [-0.4, -0.2) is 14.7 Å². The smallest absolute Gasteiger partial charge is 0.136 e. The predicted molar refractivity (Wildman–Crippen MR) is 85.2 cm³/mol. The number of nitrogens with zero attached hydrogens (tertiary/aromatic N) is 2. The molecule has 0 aliphatic rings. The Balaban J connectivity index is 2.07. The molecule has 4 heteroatoms. The van der Waals surface area contributed by atoms with Crippen LogP contribution in [0.5, 0.6) is 0 Å². The number of hydrogen-bond acceptors (Lipinski definition) is 2. The maximum Gasteiger partial charge on any atom is 0.136 e. The van der Waals surface area contributed by atoms with E-state index in [0.29, 0.717) is 18.3 Å². The fourth-order valence-electron chi connectivity index (χ4n) is 2.67. The van der Waals surface area contributed by atoms with Gasteiger partial charge in [0, 0.05) is 6.54 Å². The fourth-order valence-corrected chi connectivity index (χ4v) is 2.67. The molecule has 1 heterocycles. The van der Waals surface area contributed by atoms with Crippen LogP contribution < -0.4 is 0 Å². The first-order chi connectivity index (χ1) is 10.6. The standard InChI is InChI=1S/C18H19FN2O/c1-12(2)14-6-7-17-16(9-14)20-18(11-22)21(17)10-13-4-3-5-15(19)8-13/h3-9,12,22H,10-11H2,1-2H3. The van der Waals surface area contributed by atoms with Gasteiger partial charge in [-0.2, -0.15) is 0 Å². The second kappa shape index (κ2) is 5.89. The third-order valence-electron chi connectivity index (χ3n) is 3.89.